The van der Waals surface area contributed by atoms with Crippen LogP contribution in [0.4, 0.5) is 4.79 Å². The summed E-state index contributed by atoms with van der Waals surface area (Å²) in [6, 6.07) is 15.2. The van der Waals surface area contributed by atoms with E-state index in [1.54, 1.807) is 115 Å². The van der Waals surface area contributed by atoms with E-state index in [0.717, 1.165) is 55.3 Å². The lowest BCUT2D eigenvalue weighted by Crippen LogP contribution is -2.82. The summed E-state index contributed by atoms with van der Waals surface area (Å²) >= 11 is 0. The zero-order chi connectivity index (χ0) is 68.8. The van der Waals surface area contributed by atoms with E-state index in [1.165, 1.54) is 66.1 Å². The molecule has 8 aliphatic rings. The summed E-state index contributed by atoms with van der Waals surface area (Å²) < 4.78 is 62.6. The fourth-order valence-corrected chi connectivity index (χ4v) is 19.7. The number of hydrogen-bond donors (Lipinski definition) is 2. The Bertz CT molecular complexity index is 3170. The van der Waals surface area contributed by atoms with Crippen LogP contribution in [-0.2, 0) is 66.5 Å². The summed E-state index contributed by atoms with van der Waals surface area (Å²) in [6.45, 7) is 25.7. The van der Waals surface area contributed by atoms with Gasteiger partial charge in [0.15, 0.2) is 11.4 Å². The van der Waals surface area contributed by atoms with E-state index >= 15 is 9.59 Å². The zero-order valence-corrected chi connectivity index (χ0v) is 59.2. The molecule has 5 saturated carbocycles. The second kappa shape index (κ2) is 28.4. The van der Waals surface area contributed by atoms with Gasteiger partial charge in [0, 0.05) is 39.4 Å². The summed E-state index contributed by atoms with van der Waals surface area (Å²) in [5.74, 6) is -0.830. The normalized spacial score (nSPS) is 35.5. The standard InChI is InChI=1S/C77H109NO17/c1-45(2)23-22-24-46(3)54-31-32-55-53-30-29-51-41-52(33-36-73(51,11)56(53)34-37-74(54,55)12)89-40-39-88-38-35-60(80)92-64(62(49-25-18-16-19-26-49)78-70(84)95-71(6,7)8)69(83)91-57-43-77(85)67(93-68(82)50-27-20-17-21-28-50)65-75(13,66(81)63(87-15)61(47(57)4)72(77,9)10)58(86-14)42-59-76(65,44-90-59)94-48(5)79/h16-21,25-29,45-46,52-59,62-65,67,85H,22-24,30-44H2,1-15H3,(H,78,84). The lowest BCUT2D eigenvalue weighted by atomic mass is 9.44. The van der Waals surface area contributed by atoms with Gasteiger partial charge >= 0.3 is 30.0 Å². The van der Waals surface area contributed by atoms with Gasteiger partial charge in [0.2, 0.25) is 6.10 Å². The molecule has 0 radical (unpaired) electrons. The molecule has 18 heteroatoms. The average molecular weight is 1320 g/mol. The largest absolute Gasteiger partial charge is 0.455 e. The maximum absolute atomic E-state index is 16.0. The molecule has 19 unspecified atom stereocenters. The Kier molecular flexibility index (Phi) is 21.6. The van der Waals surface area contributed by atoms with Crippen LogP contribution in [0, 0.1) is 63.1 Å². The van der Waals surface area contributed by atoms with Gasteiger partial charge in [0.1, 0.15) is 41.7 Å². The van der Waals surface area contributed by atoms with Crippen molar-refractivity contribution in [1.29, 1.82) is 0 Å². The second-order valence-electron chi connectivity index (χ2n) is 31.8. The summed E-state index contributed by atoms with van der Waals surface area (Å²) in [5, 5.41) is 17.0. The number of nitrogens with one attached hydrogen (secondary N) is 1. The van der Waals surface area contributed by atoms with Crippen LogP contribution in [0.3, 0.4) is 0 Å². The number of carbonyl (C=O) groups excluding carboxylic acids is 6. The molecule has 0 spiro atoms. The first-order valence-electron chi connectivity index (χ1n) is 35.3. The van der Waals surface area contributed by atoms with Crippen molar-refractivity contribution in [3.05, 3.63) is 94.6 Å². The van der Waals surface area contributed by atoms with Gasteiger partial charge in [-0.1, -0.05) is 128 Å². The van der Waals surface area contributed by atoms with E-state index in [2.05, 4.69) is 46.0 Å². The van der Waals surface area contributed by atoms with Crippen molar-refractivity contribution >= 4 is 35.8 Å². The van der Waals surface area contributed by atoms with E-state index in [4.69, 9.17) is 47.4 Å². The van der Waals surface area contributed by atoms with Gasteiger partial charge in [0.25, 0.3) is 0 Å². The predicted molar refractivity (Wildman–Crippen MR) is 355 cm³/mol. The van der Waals surface area contributed by atoms with Crippen LogP contribution in [0.15, 0.2) is 83.5 Å². The number of carbonyl (C=O) groups is 6. The number of aliphatic hydroxyl groups is 1. The number of rotatable bonds is 23. The van der Waals surface area contributed by atoms with Crippen LogP contribution in [0.2, 0.25) is 0 Å². The molecule has 1 aliphatic heterocycles. The number of fused-ring (bicyclic) bond motifs is 10. The van der Waals surface area contributed by atoms with Crippen molar-refractivity contribution in [3.63, 3.8) is 0 Å². The molecule has 1 heterocycles. The van der Waals surface area contributed by atoms with E-state index in [1.807, 2.05) is 0 Å². The summed E-state index contributed by atoms with van der Waals surface area (Å²) in [4.78, 5) is 87.9. The zero-order valence-electron chi connectivity index (χ0n) is 59.2. The van der Waals surface area contributed by atoms with E-state index in [-0.39, 0.29) is 55.3 Å². The van der Waals surface area contributed by atoms with Gasteiger partial charge in [-0.15, -0.1) is 0 Å². The van der Waals surface area contributed by atoms with Gasteiger partial charge in [0.05, 0.1) is 62.0 Å². The number of ether oxygens (including phenoxy) is 10. The molecule has 2 aromatic rings. The Morgan fingerprint density at radius 3 is 2.18 bits per heavy atom. The number of allylic oxidation sites excluding steroid dienone is 1. The summed E-state index contributed by atoms with van der Waals surface area (Å²) in [5.41, 5.74) is -4.98. The fraction of sp³-hybridized carbons (Fsp3) is 0.714. The molecule has 10 rings (SSSR count). The predicted octanol–water partition coefficient (Wildman–Crippen LogP) is 13.0. The fourth-order valence-electron chi connectivity index (χ4n) is 19.7. The highest BCUT2D eigenvalue weighted by atomic mass is 16.6. The monoisotopic (exact) mass is 1320 g/mol. The molecule has 95 heavy (non-hydrogen) atoms. The lowest BCUT2D eigenvalue weighted by molar-refractivity contribution is -0.347. The van der Waals surface area contributed by atoms with Crippen LogP contribution in [0.1, 0.15) is 202 Å². The van der Waals surface area contributed by atoms with Gasteiger partial charge in [-0.25, -0.2) is 14.4 Å². The number of methoxy groups -OCH3 is 2. The van der Waals surface area contributed by atoms with E-state index in [9.17, 15) is 24.3 Å². The molecule has 19 atom stereocenters. The molecule has 1 amide bonds. The molecular formula is C77H109NO17. The second-order valence-corrected chi connectivity index (χ2v) is 31.8. The molecule has 7 aliphatic carbocycles. The van der Waals surface area contributed by atoms with Crippen LogP contribution in [0.25, 0.3) is 0 Å². The van der Waals surface area contributed by atoms with Crippen molar-refractivity contribution < 1.29 is 81.2 Å². The van der Waals surface area contributed by atoms with Crippen LogP contribution < -0.4 is 5.32 Å². The molecule has 0 aromatic heterocycles. The van der Waals surface area contributed by atoms with E-state index in [0.29, 0.717) is 29.1 Å². The molecule has 524 valence electrons. The Balaban J connectivity index is 0.872. The molecule has 1 saturated heterocycles. The minimum atomic E-state index is -2.30. The maximum atomic E-state index is 16.0. The van der Waals surface area contributed by atoms with Crippen molar-refractivity contribution in [2.75, 3.05) is 40.6 Å². The minimum absolute atomic E-state index is 0.0623. The first kappa shape index (κ1) is 72.2. The Labute approximate surface area is 563 Å². The number of benzene rings is 2. The molecule has 6 fully saturated rings. The third-order valence-corrected chi connectivity index (χ3v) is 24.6. The van der Waals surface area contributed by atoms with Crippen molar-refractivity contribution in [2.24, 2.45) is 63.1 Å². The summed E-state index contributed by atoms with van der Waals surface area (Å²) in [6.07, 6.45) is 6.28. The molecule has 2 aromatic carbocycles. The average Bonchev–Trinajstić information content (AvgIpc) is 0.962. The summed E-state index contributed by atoms with van der Waals surface area (Å²) in [7, 11) is 2.81. The van der Waals surface area contributed by atoms with Gasteiger partial charge in [-0.05, 0) is 161 Å². The van der Waals surface area contributed by atoms with E-state index < -0.39 is 118 Å². The topological polar surface area (TPSA) is 227 Å². The Morgan fingerprint density at radius 1 is 0.832 bits per heavy atom. The minimum Gasteiger partial charge on any atom is -0.455 e. The van der Waals surface area contributed by atoms with Gasteiger partial charge < -0.3 is 57.8 Å². The van der Waals surface area contributed by atoms with Crippen molar-refractivity contribution in [3.8, 4) is 0 Å². The first-order valence-corrected chi connectivity index (χ1v) is 35.3. The Morgan fingerprint density at radius 2 is 1.54 bits per heavy atom. The highest BCUT2D eigenvalue weighted by Gasteiger charge is 2.78. The smallest absolute Gasteiger partial charge is 0.408 e. The lowest BCUT2D eigenvalue weighted by Gasteiger charge is -2.67. The maximum Gasteiger partial charge on any atom is 0.408 e. The molecule has 2 bridgehead atoms. The number of amides is 1. The van der Waals surface area contributed by atoms with Crippen LogP contribution >= 0.6 is 0 Å². The van der Waals surface area contributed by atoms with Crippen molar-refractivity contribution in [1.82, 2.24) is 5.32 Å². The third kappa shape index (κ3) is 13.7. The number of alkyl carbamates (subject to hydrolysis) is 1. The molecular weight excluding hydrogens is 1210 g/mol. The first-order chi connectivity index (χ1) is 44.9. The number of esters is 4. The van der Waals surface area contributed by atoms with Gasteiger partial charge in [-0.3, -0.25) is 14.4 Å². The van der Waals surface area contributed by atoms with Crippen LogP contribution in [-0.4, -0.2) is 141 Å². The van der Waals surface area contributed by atoms with Crippen LogP contribution in [0.5, 0.6) is 0 Å². The number of hydrogen-bond acceptors (Lipinski definition) is 17. The highest BCUT2D eigenvalue weighted by Crippen LogP contribution is 2.69. The SMILES string of the molecule is COC1C(=O)C2(C)C(OC)CC3OCC3(OC(C)=O)C2C(OC(=O)c2ccccc2)C2(O)CC(OC(=O)C(OC(=O)CCOCCOC3CCC4(C)C(=CCC5C4CCC4(C)C(C(C)CCCC(C)C)CCC54)C3)C(NC(=O)OC(C)(C)C)c3ccccc3)C(C)=C1C2(C)C. The quantitative estimate of drug-likeness (QED) is 0.0456. The number of ketones is 1. The van der Waals surface area contributed by atoms with Crippen molar-refractivity contribution in [2.45, 2.75) is 245 Å². The molecule has 18 nitrogen and oxygen atoms in total. The number of Topliss-reactive ketones (excluding diaryl/α,β-unsaturated/α-hetero) is 1. The van der Waals surface area contributed by atoms with Gasteiger partial charge in [-0.2, -0.15) is 0 Å². The third-order valence-electron chi connectivity index (χ3n) is 24.6. The molecule has 2 N–H and O–H groups in total. The highest BCUT2D eigenvalue weighted by molar-refractivity contribution is 5.94. The Hall–Kier alpha value is -5.50.